The third-order valence-electron chi connectivity index (χ3n) is 6.50. The molecule has 2 aromatic heterocycles. The number of primary amides is 1. The lowest BCUT2D eigenvalue weighted by Gasteiger charge is -2.32. The molecule has 1 aliphatic heterocycles. The molecule has 5 rings (SSSR count). The average Bonchev–Trinajstić information content (AvgIpc) is 3.35. The molecule has 0 saturated carbocycles. The number of aromatic nitrogens is 3. The van der Waals surface area contributed by atoms with Gasteiger partial charge in [-0.3, -0.25) is 9.59 Å². The molecule has 188 valence electrons. The van der Waals surface area contributed by atoms with Crippen LogP contribution < -0.4 is 16.0 Å². The molecule has 3 N–H and O–H groups in total. The minimum absolute atomic E-state index is 0.187. The molecule has 1 atom stereocenters. The molecule has 1 aliphatic rings. The highest BCUT2D eigenvalue weighted by Crippen LogP contribution is 2.27. The van der Waals surface area contributed by atoms with Crippen LogP contribution in [0.4, 0.5) is 15.9 Å². The van der Waals surface area contributed by atoms with E-state index in [1.165, 1.54) is 12.1 Å². The number of carbonyl (C=O) groups excluding carboxylic acids is 2. The van der Waals surface area contributed by atoms with Gasteiger partial charge in [-0.05, 0) is 62.2 Å². The number of aryl methyl sites for hydroxylation is 1. The molecule has 1 unspecified atom stereocenters. The first-order valence-electron chi connectivity index (χ1n) is 12.1. The summed E-state index contributed by atoms with van der Waals surface area (Å²) >= 11 is 0. The molecular weight excluding hydrogens is 471 g/mol. The van der Waals surface area contributed by atoms with Gasteiger partial charge in [0.2, 0.25) is 5.91 Å². The van der Waals surface area contributed by atoms with E-state index in [1.807, 2.05) is 42.2 Å². The molecule has 8 nitrogen and oxygen atoms in total. The zero-order valence-electron chi connectivity index (χ0n) is 20.4. The highest BCUT2D eigenvalue weighted by Gasteiger charge is 2.25. The van der Waals surface area contributed by atoms with Gasteiger partial charge in [-0.1, -0.05) is 23.8 Å². The Hall–Kier alpha value is -4.53. The van der Waals surface area contributed by atoms with Crippen molar-refractivity contribution in [2.24, 2.45) is 11.7 Å². The summed E-state index contributed by atoms with van der Waals surface area (Å²) in [4.78, 5) is 31.5. The first-order chi connectivity index (χ1) is 17.9. The Balaban J connectivity index is 1.40. The van der Waals surface area contributed by atoms with Crippen LogP contribution in [0.15, 0.2) is 73.1 Å². The minimum atomic E-state index is -0.349. The fourth-order valence-electron chi connectivity index (χ4n) is 4.53. The summed E-state index contributed by atoms with van der Waals surface area (Å²) in [7, 11) is 0. The van der Waals surface area contributed by atoms with E-state index in [0.717, 1.165) is 36.3 Å². The van der Waals surface area contributed by atoms with E-state index in [2.05, 4.69) is 15.4 Å². The summed E-state index contributed by atoms with van der Waals surface area (Å²) < 4.78 is 15.0. The number of rotatable bonds is 6. The van der Waals surface area contributed by atoms with Gasteiger partial charge in [0.25, 0.3) is 5.91 Å². The van der Waals surface area contributed by atoms with Gasteiger partial charge in [0.05, 0.1) is 29.1 Å². The van der Waals surface area contributed by atoms with E-state index in [4.69, 9.17) is 5.73 Å². The number of hydrogen-bond donors (Lipinski definition) is 2. The maximum absolute atomic E-state index is 13.4. The molecule has 0 aliphatic carbocycles. The molecule has 1 fully saturated rings. The van der Waals surface area contributed by atoms with Crippen molar-refractivity contribution in [1.82, 2.24) is 14.8 Å². The summed E-state index contributed by atoms with van der Waals surface area (Å²) in [6.45, 7) is 3.31. The van der Waals surface area contributed by atoms with Gasteiger partial charge < -0.3 is 16.0 Å². The van der Waals surface area contributed by atoms with E-state index in [9.17, 15) is 14.0 Å². The number of anilines is 2. The molecule has 4 aromatic rings. The Morgan fingerprint density at radius 2 is 1.92 bits per heavy atom. The Kier molecular flexibility index (Phi) is 6.68. The van der Waals surface area contributed by atoms with Crippen LogP contribution >= 0.6 is 0 Å². The zero-order chi connectivity index (χ0) is 25.9. The van der Waals surface area contributed by atoms with Crippen LogP contribution in [0.1, 0.15) is 28.8 Å². The van der Waals surface area contributed by atoms with Crippen LogP contribution in [0.25, 0.3) is 16.9 Å². The van der Waals surface area contributed by atoms with Crippen LogP contribution in [0.3, 0.4) is 0 Å². The summed E-state index contributed by atoms with van der Waals surface area (Å²) in [6, 6.07) is 17.3. The highest BCUT2D eigenvalue weighted by atomic mass is 19.1. The van der Waals surface area contributed by atoms with Crippen molar-refractivity contribution in [3.63, 3.8) is 0 Å². The molecule has 1 saturated heterocycles. The predicted molar refractivity (Wildman–Crippen MR) is 140 cm³/mol. The van der Waals surface area contributed by atoms with Gasteiger partial charge in [-0.25, -0.2) is 14.1 Å². The Labute approximate surface area is 213 Å². The van der Waals surface area contributed by atoms with Crippen molar-refractivity contribution in [3.05, 3.63) is 90.0 Å². The number of piperidine rings is 1. The van der Waals surface area contributed by atoms with Gasteiger partial charge in [-0.15, -0.1) is 0 Å². The average molecular weight is 499 g/mol. The van der Waals surface area contributed by atoms with Crippen molar-refractivity contribution in [2.45, 2.75) is 19.8 Å². The van der Waals surface area contributed by atoms with Gasteiger partial charge in [0.15, 0.2) is 0 Å². The maximum Gasteiger partial charge on any atom is 0.259 e. The summed E-state index contributed by atoms with van der Waals surface area (Å²) in [5.41, 5.74) is 9.38. The predicted octanol–water partition coefficient (Wildman–Crippen LogP) is 4.34. The monoisotopic (exact) mass is 498 g/mol. The molecule has 0 radical (unpaired) electrons. The van der Waals surface area contributed by atoms with E-state index in [-0.39, 0.29) is 23.5 Å². The SMILES string of the molecule is Cc1cccc(-c2nn(-c3ccc(F)cc3)cc2C(=O)Nc2ccc(N3CCCC(C(N)=O)C3)nc2)c1. The Morgan fingerprint density at radius 3 is 2.62 bits per heavy atom. The summed E-state index contributed by atoms with van der Waals surface area (Å²) in [6.07, 6.45) is 4.89. The minimum Gasteiger partial charge on any atom is -0.369 e. The fourth-order valence-corrected chi connectivity index (χ4v) is 4.53. The van der Waals surface area contributed by atoms with Gasteiger partial charge in [-0.2, -0.15) is 5.10 Å². The number of halogens is 1. The lowest BCUT2D eigenvalue weighted by Crippen LogP contribution is -2.41. The van der Waals surface area contributed by atoms with Crippen molar-refractivity contribution in [3.8, 4) is 16.9 Å². The topological polar surface area (TPSA) is 106 Å². The summed E-state index contributed by atoms with van der Waals surface area (Å²) in [5.74, 6) is -0.440. The molecule has 2 aromatic carbocycles. The van der Waals surface area contributed by atoms with Crippen molar-refractivity contribution >= 4 is 23.3 Å². The lowest BCUT2D eigenvalue weighted by molar-refractivity contribution is -0.122. The van der Waals surface area contributed by atoms with Crippen LogP contribution in [0.5, 0.6) is 0 Å². The Bertz CT molecular complexity index is 1430. The van der Waals surface area contributed by atoms with E-state index >= 15 is 0 Å². The third-order valence-corrected chi connectivity index (χ3v) is 6.50. The summed E-state index contributed by atoms with van der Waals surface area (Å²) in [5, 5.41) is 7.56. The standard InChI is InChI=1S/C28H27FN6O2/c1-18-4-2-5-19(14-18)26-24(17-35(33-26)23-10-7-21(29)8-11-23)28(37)32-22-9-12-25(31-15-22)34-13-3-6-20(16-34)27(30)36/h2,4-5,7-12,14-15,17,20H,3,6,13,16H2,1H3,(H2,30,36)(H,32,37). The highest BCUT2D eigenvalue weighted by molar-refractivity contribution is 6.08. The maximum atomic E-state index is 13.4. The third kappa shape index (κ3) is 5.35. The normalized spacial score (nSPS) is 15.4. The molecule has 0 bridgehead atoms. The number of nitrogens with one attached hydrogen (secondary N) is 1. The van der Waals surface area contributed by atoms with Gasteiger partial charge in [0, 0.05) is 24.8 Å². The molecule has 37 heavy (non-hydrogen) atoms. The number of hydrogen-bond acceptors (Lipinski definition) is 5. The number of carbonyl (C=O) groups is 2. The second-order valence-electron chi connectivity index (χ2n) is 9.23. The largest absolute Gasteiger partial charge is 0.369 e. The number of benzene rings is 2. The number of amides is 2. The van der Waals surface area contributed by atoms with Gasteiger partial charge in [0.1, 0.15) is 17.3 Å². The number of nitrogens with zero attached hydrogens (tertiary/aromatic N) is 4. The molecule has 9 heteroatoms. The van der Waals surface area contributed by atoms with Crippen LogP contribution in [-0.2, 0) is 4.79 Å². The second-order valence-corrected chi connectivity index (χ2v) is 9.23. The fraction of sp³-hybridized carbons (Fsp3) is 0.214. The van der Waals surface area contributed by atoms with Crippen LogP contribution in [0, 0.1) is 18.7 Å². The molecular formula is C28H27FN6O2. The second kappa shape index (κ2) is 10.2. The smallest absolute Gasteiger partial charge is 0.259 e. The van der Waals surface area contributed by atoms with Crippen molar-refractivity contribution < 1.29 is 14.0 Å². The zero-order valence-corrected chi connectivity index (χ0v) is 20.4. The van der Waals surface area contributed by atoms with E-state index in [1.54, 1.807) is 35.3 Å². The van der Waals surface area contributed by atoms with Crippen molar-refractivity contribution in [2.75, 3.05) is 23.3 Å². The molecule has 3 heterocycles. The van der Waals surface area contributed by atoms with Gasteiger partial charge >= 0.3 is 0 Å². The van der Waals surface area contributed by atoms with Crippen LogP contribution in [0.2, 0.25) is 0 Å². The van der Waals surface area contributed by atoms with Crippen molar-refractivity contribution in [1.29, 1.82) is 0 Å². The lowest BCUT2D eigenvalue weighted by atomic mass is 9.97. The van der Waals surface area contributed by atoms with Crippen LogP contribution in [-0.4, -0.2) is 39.7 Å². The van der Waals surface area contributed by atoms with E-state index < -0.39 is 0 Å². The molecule has 0 spiro atoms. The molecule has 2 amide bonds. The van der Waals surface area contributed by atoms with E-state index in [0.29, 0.717) is 29.2 Å². The first kappa shape index (κ1) is 24.2. The Morgan fingerprint density at radius 1 is 1.11 bits per heavy atom. The quantitative estimate of drug-likeness (QED) is 0.412. The number of nitrogens with two attached hydrogens (primary N) is 1. The number of pyridine rings is 1. The first-order valence-corrected chi connectivity index (χ1v) is 12.1.